The number of rotatable bonds is 9. The van der Waals surface area contributed by atoms with E-state index in [1.165, 1.54) is 30.7 Å². The molecular weight excluding hydrogens is 648 g/mol. The summed E-state index contributed by atoms with van der Waals surface area (Å²) in [6, 6.07) is 14.7. The van der Waals surface area contributed by atoms with E-state index in [-0.39, 0.29) is 17.1 Å². The average molecular weight is 674 g/mol. The molecule has 0 spiro atoms. The number of esters is 1. The number of nitrogens with one attached hydrogen (secondary N) is 1. The van der Waals surface area contributed by atoms with Crippen molar-refractivity contribution in [2.24, 2.45) is 0 Å². The molecule has 3 aromatic carbocycles. The van der Waals surface area contributed by atoms with Crippen LogP contribution in [0.4, 0.5) is 26.3 Å². The van der Waals surface area contributed by atoms with Gasteiger partial charge >= 0.3 is 17.7 Å². The van der Waals surface area contributed by atoms with Crippen molar-refractivity contribution >= 4 is 37.2 Å². The Morgan fingerprint density at radius 1 is 0.889 bits per heavy atom. The quantitative estimate of drug-likeness (QED) is 0.109. The molecule has 0 radical (unpaired) electrons. The maximum absolute atomic E-state index is 13.0. The summed E-state index contributed by atoms with van der Waals surface area (Å²) >= 11 is 0.992. The monoisotopic (exact) mass is 673 g/mol. The molecule has 45 heavy (non-hydrogen) atoms. The summed E-state index contributed by atoms with van der Waals surface area (Å²) in [5.41, 5.74) is -5.22. The van der Waals surface area contributed by atoms with E-state index in [0.29, 0.717) is 39.1 Å². The van der Waals surface area contributed by atoms with Crippen molar-refractivity contribution in [3.05, 3.63) is 66.7 Å². The van der Waals surface area contributed by atoms with E-state index in [1.54, 1.807) is 24.3 Å². The minimum Gasteiger partial charge on any atom is -0.494 e. The molecule has 1 aromatic heterocycles. The van der Waals surface area contributed by atoms with Crippen molar-refractivity contribution in [1.29, 1.82) is 0 Å². The van der Waals surface area contributed by atoms with Gasteiger partial charge in [-0.1, -0.05) is 18.6 Å². The number of benzene rings is 3. The second-order valence-electron chi connectivity index (χ2n) is 10.1. The van der Waals surface area contributed by atoms with Crippen molar-refractivity contribution in [3.8, 4) is 33.4 Å². The third-order valence-electron chi connectivity index (χ3n) is 6.98. The Balaban J connectivity index is 1.43. The highest BCUT2D eigenvalue weighted by atomic mass is 32.2. The first kappa shape index (κ1) is 32.6. The van der Waals surface area contributed by atoms with Crippen molar-refractivity contribution in [2.75, 3.05) is 13.2 Å². The van der Waals surface area contributed by atoms with Gasteiger partial charge in [-0.3, -0.25) is 0 Å². The van der Waals surface area contributed by atoms with Crippen molar-refractivity contribution in [3.63, 3.8) is 0 Å². The van der Waals surface area contributed by atoms with Gasteiger partial charge in [0.2, 0.25) is 0 Å². The Hall–Kier alpha value is -3.82. The van der Waals surface area contributed by atoms with Crippen LogP contribution in [0.15, 0.2) is 71.6 Å². The maximum Gasteiger partial charge on any atom is 0.501 e. The number of hydrogen-bond acceptors (Lipinski definition) is 8. The molecule has 1 unspecified atom stereocenters. The molecule has 7 nitrogen and oxygen atoms in total. The number of sulfone groups is 1. The largest absolute Gasteiger partial charge is 0.501 e. The molecule has 0 aliphatic carbocycles. The minimum atomic E-state index is -5.59. The minimum absolute atomic E-state index is 0.201. The van der Waals surface area contributed by atoms with Crippen LogP contribution < -0.4 is 19.5 Å². The lowest BCUT2D eigenvalue weighted by Gasteiger charge is -2.23. The summed E-state index contributed by atoms with van der Waals surface area (Å²) in [4.78, 5) is 10.7. The van der Waals surface area contributed by atoms with E-state index >= 15 is 0 Å². The van der Waals surface area contributed by atoms with E-state index in [4.69, 9.17) is 9.47 Å². The number of halogens is 6. The van der Waals surface area contributed by atoms with Gasteiger partial charge in [0.05, 0.1) is 16.4 Å². The number of carbonyl (C=O) groups excluding carboxylic acids is 1. The number of hydrogen-bond donors (Lipinski definition) is 1. The molecule has 0 bridgehead atoms. The summed E-state index contributed by atoms with van der Waals surface area (Å²) in [5, 5.41) is 3.85. The van der Waals surface area contributed by atoms with Gasteiger partial charge < -0.3 is 19.5 Å². The van der Waals surface area contributed by atoms with Crippen molar-refractivity contribution < 1.29 is 53.8 Å². The van der Waals surface area contributed by atoms with Crippen LogP contribution in [-0.2, 0) is 14.6 Å². The summed E-state index contributed by atoms with van der Waals surface area (Å²) in [7, 11) is -5.59. The van der Waals surface area contributed by atoms with E-state index in [2.05, 4.69) is 10.1 Å². The zero-order valence-corrected chi connectivity index (χ0v) is 24.8. The van der Waals surface area contributed by atoms with Crippen LogP contribution in [0.3, 0.4) is 0 Å². The molecule has 0 saturated carbocycles. The molecule has 240 valence electrons. The summed E-state index contributed by atoms with van der Waals surface area (Å²) < 4.78 is 118. The third kappa shape index (κ3) is 7.53. The first-order chi connectivity index (χ1) is 21.2. The Labute approximate surface area is 257 Å². The van der Waals surface area contributed by atoms with Crippen LogP contribution in [-0.4, -0.2) is 45.3 Å². The molecule has 1 N–H and O–H groups in total. The highest BCUT2D eigenvalue weighted by Gasteiger charge is 2.46. The lowest BCUT2D eigenvalue weighted by atomic mass is 10.0. The lowest BCUT2D eigenvalue weighted by molar-refractivity contribution is -0.189. The highest BCUT2D eigenvalue weighted by molar-refractivity contribution is 7.92. The molecule has 1 saturated heterocycles. The number of ether oxygens (including phenoxy) is 3. The van der Waals surface area contributed by atoms with Gasteiger partial charge in [-0.2, -0.15) is 26.3 Å². The number of thiophene rings is 1. The average Bonchev–Trinajstić information content (AvgIpc) is 3.35. The smallest absolute Gasteiger partial charge is 0.494 e. The van der Waals surface area contributed by atoms with Crippen LogP contribution >= 0.6 is 11.3 Å². The van der Waals surface area contributed by atoms with Gasteiger partial charge in [0.25, 0.3) is 9.84 Å². The Kier molecular flexibility index (Phi) is 9.33. The van der Waals surface area contributed by atoms with Gasteiger partial charge in [-0.05, 0) is 86.0 Å². The molecule has 1 aliphatic rings. The molecule has 2 heterocycles. The fourth-order valence-corrected chi connectivity index (χ4v) is 6.63. The Morgan fingerprint density at radius 2 is 1.56 bits per heavy atom. The molecule has 1 atom stereocenters. The molecular formula is C30H25F6NO6S2. The normalized spacial score (nSPS) is 16.0. The molecule has 0 amide bonds. The Bertz CT molecular complexity index is 1760. The highest BCUT2D eigenvalue weighted by Crippen LogP contribution is 2.47. The van der Waals surface area contributed by atoms with Gasteiger partial charge in [0.15, 0.2) is 5.75 Å². The van der Waals surface area contributed by atoms with Crippen LogP contribution in [0.1, 0.15) is 25.7 Å². The fourth-order valence-electron chi connectivity index (χ4n) is 4.70. The van der Waals surface area contributed by atoms with Gasteiger partial charge in [0.1, 0.15) is 17.2 Å². The second kappa shape index (κ2) is 12.9. The van der Waals surface area contributed by atoms with Gasteiger partial charge in [-0.15, -0.1) is 11.3 Å². The van der Waals surface area contributed by atoms with Crippen LogP contribution in [0, 0.1) is 0 Å². The van der Waals surface area contributed by atoms with E-state index < -0.39 is 32.4 Å². The molecule has 5 rings (SSSR count). The van der Waals surface area contributed by atoms with Crippen LogP contribution in [0.2, 0.25) is 0 Å². The fraction of sp³-hybridized carbons (Fsp3) is 0.300. The standard InChI is InChI=1S/C30H25F6NO6S2/c31-29(32,33)28(38)43-22-10-13-24-25(17-22)44-27(18-4-11-23(12-5-18)45(39,40)30(34,35)36)26(24)42-21-8-6-20(7-9-21)41-16-14-19-3-1-2-15-37-19/h4-13,17,19,37H,1-3,14-16H2. The lowest BCUT2D eigenvalue weighted by Crippen LogP contribution is -2.35. The first-order valence-electron chi connectivity index (χ1n) is 13.6. The third-order valence-corrected chi connectivity index (χ3v) is 9.67. The second-order valence-corrected chi connectivity index (χ2v) is 13.1. The maximum atomic E-state index is 13.0. The zero-order valence-electron chi connectivity index (χ0n) is 23.2. The van der Waals surface area contributed by atoms with E-state index in [9.17, 15) is 39.6 Å². The molecule has 1 aliphatic heterocycles. The number of piperidine rings is 1. The molecule has 15 heteroatoms. The van der Waals surface area contributed by atoms with Crippen molar-refractivity contribution in [1.82, 2.24) is 5.32 Å². The Morgan fingerprint density at radius 3 is 2.18 bits per heavy atom. The van der Waals surface area contributed by atoms with Crippen LogP contribution in [0.25, 0.3) is 20.5 Å². The van der Waals surface area contributed by atoms with Crippen molar-refractivity contribution in [2.45, 2.75) is 48.3 Å². The number of carbonyl (C=O) groups is 1. The zero-order chi connectivity index (χ0) is 32.4. The number of alkyl halides is 6. The van der Waals surface area contributed by atoms with Gasteiger partial charge in [0, 0.05) is 16.1 Å². The summed E-state index contributed by atoms with van der Waals surface area (Å²) in [6.45, 7) is 1.51. The van der Waals surface area contributed by atoms with Gasteiger partial charge in [-0.25, -0.2) is 13.2 Å². The first-order valence-corrected chi connectivity index (χ1v) is 15.9. The van der Waals surface area contributed by atoms with E-state index in [0.717, 1.165) is 55.3 Å². The molecule has 1 fully saturated rings. The molecule has 4 aromatic rings. The van der Waals surface area contributed by atoms with Crippen LogP contribution in [0.5, 0.6) is 23.0 Å². The summed E-state index contributed by atoms with van der Waals surface area (Å²) in [5.74, 6) is -1.64. The predicted molar refractivity (Wildman–Crippen MR) is 154 cm³/mol. The van der Waals surface area contributed by atoms with E-state index in [1.807, 2.05) is 0 Å². The number of fused-ring (bicyclic) bond motifs is 1. The SMILES string of the molecule is O=C(Oc1ccc2c(Oc3ccc(OCCC4CCCCN4)cc3)c(-c3ccc(S(=O)(=O)C(F)(F)F)cc3)sc2c1)C(F)(F)F. The predicted octanol–water partition coefficient (Wildman–Crippen LogP) is 8.03. The topological polar surface area (TPSA) is 90.9 Å². The summed E-state index contributed by atoms with van der Waals surface area (Å²) in [6.07, 6.45) is -0.922.